The van der Waals surface area contributed by atoms with Gasteiger partial charge < -0.3 is 15.4 Å². The minimum atomic E-state index is -0.153. The van der Waals surface area contributed by atoms with Gasteiger partial charge in [0.05, 0.1) is 5.41 Å². The van der Waals surface area contributed by atoms with Gasteiger partial charge in [-0.05, 0) is 50.6 Å². The molecule has 2 rings (SSSR count). The third-order valence-electron chi connectivity index (χ3n) is 5.31. The van der Waals surface area contributed by atoms with Gasteiger partial charge in [0.1, 0.15) is 0 Å². The molecule has 0 atom stereocenters. The summed E-state index contributed by atoms with van der Waals surface area (Å²) in [4.78, 5) is 12.7. The number of nitrogens with one attached hydrogen (secondary N) is 2. The Morgan fingerprint density at radius 3 is 2.45 bits per heavy atom. The topological polar surface area (TPSA) is 50.4 Å². The molecule has 0 aromatic rings. The Morgan fingerprint density at radius 2 is 1.85 bits per heavy atom. The average molecular weight is 282 g/mol. The number of hydrogen-bond acceptors (Lipinski definition) is 3. The molecule has 2 aliphatic rings. The first-order chi connectivity index (χ1) is 9.60. The summed E-state index contributed by atoms with van der Waals surface area (Å²) in [6.07, 6.45) is 7.59. The quantitative estimate of drug-likeness (QED) is 0.784. The van der Waals surface area contributed by atoms with E-state index in [9.17, 15) is 4.79 Å². The predicted molar refractivity (Wildman–Crippen MR) is 80.6 cm³/mol. The van der Waals surface area contributed by atoms with Crippen LogP contribution in [-0.2, 0) is 9.53 Å². The van der Waals surface area contributed by atoms with Crippen LogP contribution in [0.25, 0.3) is 0 Å². The van der Waals surface area contributed by atoms with Crippen molar-refractivity contribution in [3.05, 3.63) is 0 Å². The zero-order valence-corrected chi connectivity index (χ0v) is 13.1. The Balaban J connectivity index is 1.88. The highest BCUT2D eigenvalue weighted by Gasteiger charge is 2.41. The fraction of sp³-hybridized carbons (Fsp3) is 0.938. The summed E-state index contributed by atoms with van der Waals surface area (Å²) in [6, 6.07) is 0. The summed E-state index contributed by atoms with van der Waals surface area (Å²) >= 11 is 0. The first-order valence-corrected chi connectivity index (χ1v) is 8.08. The SMILES string of the molecule is COCCC1(C(=O)NCC2(C)CCNCC2)CCCC1. The van der Waals surface area contributed by atoms with Gasteiger partial charge in [0.25, 0.3) is 0 Å². The molecule has 1 saturated carbocycles. The molecule has 0 unspecified atom stereocenters. The van der Waals surface area contributed by atoms with Crippen LogP contribution in [0.2, 0.25) is 0 Å². The minimum absolute atomic E-state index is 0.153. The smallest absolute Gasteiger partial charge is 0.226 e. The molecule has 2 N–H and O–H groups in total. The number of hydrogen-bond donors (Lipinski definition) is 2. The zero-order chi connectivity index (χ0) is 14.5. The molecule has 116 valence electrons. The molecule has 1 heterocycles. The number of piperidine rings is 1. The summed E-state index contributed by atoms with van der Waals surface area (Å²) < 4.78 is 5.20. The van der Waals surface area contributed by atoms with Crippen molar-refractivity contribution in [1.82, 2.24) is 10.6 Å². The molecular formula is C16H30N2O2. The second kappa shape index (κ2) is 6.90. The van der Waals surface area contributed by atoms with Crippen LogP contribution in [0.15, 0.2) is 0 Å². The Kier molecular flexibility index (Phi) is 5.44. The highest BCUT2D eigenvalue weighted by molar-refractivity contribution is 5.82. The lowest BCUT2D eigenvalue weighted by molar-refractivity contribution is -0.132. The molecule has 4 heteroatoms. The van der Waals surface area contributed by atoms with Crippen molar-refractivity contribution in [3.63, 3.8) is 0 Å². The number of carbonyl (C=O) groups excluding carboxylic acids is 1. The zero-order valence-electron chi connectivity index (χ0n) is 13.1. The van der Waals surface area contributed by atoms with Crippen molar-refractivity contribution in [1.29, 1.82) is 0 Å². The van der Waals surface area contributed by atoms with Crippen LogP contribution < -0.4 is 10.6 Å². The predicted octanol–water partition coefficient (Wildman–Crippen LogP) is 2.09. The van der Waals surface area contributed by atoms with Gasteiger partial charge in [-0.1, -0.05) is 19.8 Å². The maximum Gasteiger partial charge on any atom is 0.226 e. The van der Waals surface area contributed by atoms with E-state index in [0.29, 0.717) is 6.61 Å². The van der Waals surface area contributed by atoms with E-state index in [4.69, 9.17) is 4.74 Å². The Morgan fingerprint density at radius 1 is 1.20 bits per heavy atom. The second-order valence-corrected chi connectivity index (χ2v) is 6.97. The van der Waals surface area contributed by atoms with Gasteiger partial charge in [-0.25, -0.2) is 0 Å². The molecule has 0 bridgehead atoms. The molecule has 1 aliphatic heterocycles. The maximum absolute atomic E-state index is 12.7. The van der Waals surface area contributed by atoms with E-state index in [2.05, 4.69) is 17.6 Å². The van der Waals surface area contributed by atoms with Gasteiger partial charge in [0.15, 0.2) is 0 Å². The van der Waals surface area contributed by atoms with Crippen LogP contribution in [0, 0.1) is 10.8 Å². The number of methoxy groups -OCH3 is 1. The van der Waals surface area contributed by atoms with Crippen molar-refractivity contribution in [2.75, 3.05) is 33.4 Å². The summed E-state index contributed by atoms with van der Waals surface area (Å²) in [5, 5.41) is 6.65. The van der Waals surface area contributed by atoms with Gasteiger partial charge in [-0.15, -0.1) is 0 Å². The molecule has 1 amide bonds. The molecule has 2 fully saturated rings. The van der Waals surface area contributed by atoms with E-state index in [1.807, 2.05) is 0 Å². The molecule has 0 radical (unpaired) electrons. The average Bonchev–Trinajstić information content (AvgIpc) is 2.93. The number of carbonyl (C=O) groups is 1. The lowest BCUT2D eigenvalue weighted by atomic mass is 9.79. The first-order valence-electron chi connectivity index (χ1n) is 8.08. The highest BCUT2D eigenvalue weighted by atomic mass is 16.5. The number of rotatable bonds is 6. The molecule has 1 aliphatic carbocycles. The minimum Gasteiger partial charge on any atom is -0.385 e. The maximum atomic E-state index is 12.7. The van der Waals surface area contributed by atoms with Crippen molar-refractivity contribution < 1.29 is 9.53 Å². The van der Waals surface area contributed by atoms with Gasteiger partial charge >= 0.3 is 0 Å². The van der Waals surface area contributed by atoms with Crippen LogP contribution in [0.4, 0.5) is 0 Å². The number of amides is 1. The van der Waals surface area contributed by atoms with E-state index >= 15 is 0 Å². The summed E-state index contributed by atoms with van der Waals surface area (Å²) in [6.45, 7) is 5.95. The Labute approximate surface area is 123 Å². The normalized spacial score (nSPS) is 24.5. The summed E-state index contributed by atoms with van der Waals surface area (Å²) in [5.74, 6) is 0.270. The van der Waals surface area contributed by atoms with Crippen molar-refractivity contribution in [2.45, 2.75) is 51.9 Å². The van der Waals surface area contributed by atoms with Crippen molar-refractivity contribution in [2.24, 2.45) is 10.8 Å². The van der Waals surface area contributed by atoms with Gasteiger partial charge in [0.2, 0.25) is 5.91 Å². The van der Waals surface area contributed by atoms with E-state index in [0.717, 1.165) is 51.7 Å². The fourth-order valence-electron chi connectivity index (χ4n) is 3.63. The second-order valence-electron chi connectivity index (χ2n) is 6.97. The van der Waals surface area contributed by atoms with Crippen LogP contribution in [0.5, 0.6) is 0 Å². The number of ether oxygens (including phenoxy) is 1. The van der Waals surface area contributed by atoms with Crippen LogP contribution in [0.1, 0.15) is 51.9 Å². The fourth-order valence-corrected chi connectivity index (χ4v) is 3.63. The molecule has 20 heavy (non-hydrogen) atoms. The molecule has 0 aromatic heterocycles. The third kappa shape index (κ3) is 3.73. The lowest BCUT2D eigenvalue weighted by Gasteiger charge is -2.36. The first kappa shape index (κ1) is 15.8. The van der Waals surface area contributed by atoms with E-state index in [1.165, 1.54) is 12.8 Å². The Hall–Kier alpha value is -0.610. The van der Waals surface area contributed by atoms with Gasteiger partial charge in [-0.3, -0.25) is 4.79 Å². The van der Waals surface area contributed by atoms with Gasteiger partial charge in [-0.2, -0.15) is 0 Å². The highest BCUT2D eigenvalue weighted by Crippen LogP contribution is 2.41. The van der Waals surface area contributed by atoms with E-state index < -0.39 is 0 Å². The van der Waals surface area contributed by atoms with E-state index in [1.54, 1.807) is 7.11 Å². The van der Waals surface area contributed by atoms with E-state index in [-0.39, 0.29) is 16.7 Å². The van der Waals surface area contributed by atoms with Crippen molar-refractivity contribution >= 4 is 5.91 Å². The largest absolute Gasteiger partial charge is 0.385 e. The molecule has 4 nitrogen and oxygen atoms in total. The molecule has 0 aromatic carbocycles. The summed E-state index contributed by atoms with van der Waals surface area (Å²) in [5.41, 5.74) is 0.112. The molecule has 0 spiro atoms. The van der Waals surface area contributed by atoms with Gasteiger partial charge in [0, 0.05) is 20.3 Å². The van der Waals surface area contributed by atoms with Crippen LogP contribution >= 0.6 is 0 Å². The third-order valence-corrected chi connectivity index (χ3v) is 5.31. The molecule has 1 saturated heterocycles. The van der Waals surface area contributed by atoms with Crippen LogP contribution in [-0.4, -0.2) is 39.3 Å². The lowest BCUT2D eigenvalue weighted by Crippen LogP contribution is -2.47. The molecular weight excluding hydrogens is 252 g/mol. The monoisotopic (exact) mass is 282 g/mol. The van der Waals surface area contributed by atoms with Crippen LogP contribution in [0.3, 0.4) is 0 Å². The summed E-state index contributed by atoms with van der Waals surface area (Å²) in [7, 11) is 1.72. The van der Waals surface area contributed by atoms with Crippen molar-refractivity contribution in [3.8, 4) is 0 Å². The standard InChI is InChI=1S/C16H30N2O2/c1-15(7-10-17-11-8-15)13-18-14(19)16(9-12-20-2)5-3-4-6-16/h17H,3-13H2,1-2H3,(H,18,19). The Bertz CT molecular complexity index is 318.